The van der Waals surface area contributed by atoms with E-state index in [4.69, 9.17) is 11.6 Å². The van der Waals surface area contributed by atoms with Crippen LogP contribution < -0.4 is 10.6 Å². The lowest BCUT2D eigenvalue weighted by atomic mass is 10.2. The smallest absolute Gasteiger partial charge is 0.229 e. The highest BCUT2D eigenvalue weighted by molar-refractivity contribution is 6.33. The molecule has 0 fully saturated rings. The number of halogens is 3. The number of nitrogens with zero attached hydrogens (tertiary/aromatic N) is 2. The van der Waals surface area contributed by atoms with Gasteiger partial charge in [0.05, 0.1) is 16.4 Å². The molecule has 4 aromatic rings. The first-order valence-electron chi connectivity index (χ1n) is 8.09. The summed E-state index contributed by atoms with van der Waals surface area (Å²) in [6.07, 6.45) is 1.52. The van der Waals surface area contributed by atoms with Gasteiger partial charge >= 0.3 is 0 Å². The van der Waals surface area contributed by atoms with E-state index in [-0.39, 0.29) is 16.8 Å². The van der Waals surface area contributed by atoms with Crippen molar-refractivity contribution in [3.63, 3.8) is 0 Å². The number of hydrogen-bond donors (Lipinski definition) is 3. The predicted octanol–water partition coefficient (Wildman–Crippen LogP) is 5.69. The number of benzene rings is 2. The van der Waals surface area contributed by atoms with E-state index in [0.717, 1.165) is 11.2 Å². The van der Waals surface area contributed by atoms with E-state index < -0.39 is 5.82 Å². The Morgan fingerprint density at radius 1 is 1.00 bits per heavy atom. The molecule has 27 heavy (non-hydrogen) atoms. The SMILES string of the molecule is Cc1cc2c(F)c(Nc3ccnc(Nc4ccc(F)cc4Cl)n3)ccc2[nH]1. The predicted molar refractivity (Wildman–Crippen MR) is 103 cm³/mol. The summed E-state index contributed by atoms with van der Waals surface area (Å²) in [7, 11) is 0. The molecular weight excluding hydrogens is 372 g/mol. The molecule has 0 unspecified atom stereocenters. The molecule has 0 spiro atoms. The van der Waals surface area contributed by atoms with Crippen LogP contribution in [0.25, 0.3) is 10.9 Å². The molecule has 0 atom stereocenters. The largest absolute Gasteiger partial charge is 0.359 e. The zero-order valence-electron chi connectivity index (χ0n) is 14.1. The Morgan fingerprint density at radius 3 is 2.63 bits per heavy atom. The van der Waals surface area contributed by atoms with Crippen LogP contribution in [0.2, 0.25) is 5.02 Å². The Hall–Kier alpha value is -3.19. The molecule has 0 amide bonds. The van der Waals surface area contributed by atoms with Gasteiger partial charge in [0.15, 0.2) is 5.82 Å². The van der Waals surface area contributed by atoms with Gasteiger partial charge in [-0.2, -0.15) is 4.98 Å². The first-order valence-corrected chi connectivity index (χ1v) is 8.47. The van der Waals surface area contributed by atoms with Gasteiger partial charge in [0.1, 0.15) is 11.6 Å². The molecule has 0 saturated heterocycles. The van der Waals surface area contributed by atoms with E-state index in [1.807, 2.05) is 6.92 Å². The summed E-state index contributed by atoms with van der Waals surface area (Å²) in [5, 5.41) is 6.57. The summed E-state index contributed by atoms with van der Waals surface area (Å²) in [6, 6.07) is 10.8. The molecule has 0 bridgehead atoms. The van der Waals surface area contributed by atoms with Crippen molar-refractivity contribution in [1.82, 2.24) is 15.0 Å². The van der Waals surface area contributed by atoms with Crippen molar-refractivity contribution >= 4 is 45.6 Å². The summed E-state index contributed by atoms with van der Waals surface area (Å²) in [5.74, 6) is -0.164. The number of hydrogen-bond acceptors (Lipinski definition) is 4. The van der Waals surface area contributed by atoms with Gasteiger partial charge in [-0.25, -0.2) is 13.8 Å². The third-order valence-electron chi connectivity index (χ3n) is 3.97. The van der Waals surface area contributed by atoms with Crippen molar-refractivity contribution in [1.29, 1.82) is 0 Å². The molecule has 3 N–H and O–H groups in total. The maximum Gasteiger partial charge on any atom is 0.229 e. The highest BCUT2D eigenvalue weighted by Gasteiger charge is 2.11. The van der Waals surface area contributed by atoms with Crippen LogP contribution in [0, 0.1) is 18.6 Å². The Labute approximate surface area is 158 Å². The van der Waals surface area contributed by atoms with E-state index in [2.05, 4.69) is 25.6 Å². The number of rotatable bonds is 4. The van der Waals surface area contributed by atoms with Gasteiger partial charge in [0, 0.05) is 22.8 Å². The monoisotopic (exact) mass is 385 g/mol. The standard InChI is InChI=1S/C19H14ClF2N5/c1-10-8-12-14(24-10)4-5-16(18(12)22)25-17-6-7-23-19(27-17)26-15-3-2-11(21)9-13(15)20/h2-9,24H,1H3,(H2,23,25,26,27). The van der Waals surface area contributed by atoms with Gasteiger partial charge < -0.3 is 15.6 Å². The number of nitrogens with one attached hydrogen (secondary N) is 3. The van der Waals surface area contributed by atoms with E-state index in [9.17, 15) is 8.78 Å². The van der Waals surface area contributed by atoms with E-state index >= 15 is 0 Å². The molecule has 0 aliphatic heterocycles. The maximum absolute atomic E-state index is 14.7. The topological polar surface area (TPSA) is 65.6 Å². The van der Waals surface area contributed by atoms with Gasteiger partial charge in [0.25, 0.3) is 0 Å². The minimum atomic E-state index is -0.437. The first kappa shape index (κ1) is 17.2. The van der Waals surface area contributed by atoms with Crippen LogP contribution in [-0.2, 0) is 0 Å². The van der Waals surface area contributed by atoms with Crippen LogP contribution in [0.1, 0.15) is 5.69 Å². The number of aromatic nitrogens is 3. The minimum Gasteiger partial charge on any atom is -0.359 e. The van der Waals surface area contributed by atoms with Crippen molar-refractivity contribution in [2.24, 2.45) is 0 Å². The van der Waals surface area contributed by atoms with Gasteiger partial charge in [0.2, 0.25) is 5.95 Å². The van der Waals surface area contributed by atoms with Crippen LogP contribution in [0.15, 0.2) is 48.7 Å². The average Bonchev–Trinajstić information content (AvgIpc) is 3.02. The van der Waals surface area contributed by atoms with E-state index in [1.165, 1.54) is 24.4 Å². The summed E-state index contributed by atoms with van der Waals surface area (Å²) >= 11 is 6.00. The maximum atomic E-state index is 14.7. The Morgan fingerprint density at radius 2 is 1.81 bits per heavy atom. The second-order valence-corrected chi connectivity index (χ2v) is 6.39. The molecule has 136 valence electrons. The molecule has 2 aromatic heterocycles. The second-order valence-electron chi connectivity index (χ2n) is 5.98. The summed E-state index contributed by atoms with van der Waals surface area (Å²) in [5.41, 5.74) is 2.37. The molecule has 4 rings (SSSR count). The van der Waals surface area contributed by atoms with Crippen molar-refractivity contribution in [3.8, 4) is 0 Å². The fourth-order valence-corrected chi connectivity index (χ4v) is 2.96. The molecule has 5 nitrogen and oxygen atoms in total. The molecule has 0 aliphatic carbocycles. The third-order valence-corrected chi connectivity index (χ3v) is 4.28. The number of aromatic amines is 1. The minimum absolute atomic E-state index is 0.205. The molecule has 0 aliphatic rings. The quantitative estimate of drug-likeness (QED) is 0.422. The fraction of sp³-hybridized carbons (Fsp3) is 0.0526. The molecule has 8 heteroatoms. The fourth-order valence-electron chi connectivity index (χ4n) is 2.74. The number of aryl methyl sites for hydroxylation is 1. The van der Waals surface area contributed by atoms with Crippen molar-refractivity contribution in [3.05, 3.63) is 71.0 Å². The van der Waals surface area contributed by atoms with Crippen LogP contribution >= 0.6 is 11.6 Å². The normalized spacial score (nSPS) is 11.0. The Balaban J connectivity index is 1.60. The number of fused-ring (bicyclic) bond motifs is 1. The zero-order valence-corrected chi connectivity index (χ0v) is 14.9. The highest BCUT2D eigenvalue weighted by Crippen LogP contribution is 2.28. The summed E-state index contributed by atoms with van der Waals surface area (Å²) in [4.78, 5) is 11.5. The number of H-pyrrole nitrogens is 1. The Kier molecular flexibility index (Phi) is 4.37. The molecular formula is C19H14ClF2N5. The first-order chi connectivity index (χ1) is 13.0. The van der Waals surface area contributed by atoms with Crippen LogP contribution in [0.3, 0.4) is 0 Å². The lowest BCUT2D eigenvalue weighted by Gasteiger charge is -2.10. The zero-order chi connectivity index (χ0) is 19.0. The lowest BCUT2D eigenvalue weighted by molar-refractivity contribution is 0.628. The van der Waals surface area contributed by atoms with Crippen LogP contribution in [0.4, 0.5) is 31.9 Å². The molecule has 2 aromatic carbocycles. The van der Waals surface area contributed by atoms with Gasteiger partial charge in [-0.3, -0.25) is 0 Å². The van der Waals surface area contributed by atoms with Crippen molar-refractivity contribution in [2.45, 2.75) is 6.92 Å². The summed E-state index contributed by atoms with van der Waals surface area (Å²) in [6.45, 7) is 1.87. The summed E-state index contributed by atoms with van der Waals surface area (Å²) < 4.78 is 27.9. The average molecular weight is 386 g/mol. The Bertz CT molecular complexity index is 1140. The van der Waals surface area contributed by atoms with Gasteiger partial charge in [-0.05, 0) is 49.4 Å². The van der Waals surface area contributed by atoms with Crippen LogP contribution in [0.5, 0.6) is 0 Å². The van der Waals surface area contributed by atoms with E-state index in [1.54, 1.807) is 24.3 Å². The van der Waals surface area contributed by atoms with Crippen molar-refractivity contribution in [2.75, 3.05) is 10.6 Å². The number of anilines is 4. The van der Waals surface area contributed by atoms with Gasteiger partial charge in [-0.15, -0.1) is 0 Å². The molecule has 0 saturated carbocycles. The second kappa shape index (κ2) is 6.85. The van der Waals surface area contributed by atoms with Crippen molar-refractivity contribution < 1.29 is 8.78 Å². The molecule has 2 heterocycles. The highest BCUT2D eigenvalue weighted by atomic mass is 35.5. The van der Waals surface area contributed by atoms with Crippen LogP contribution in [-0.4, -0.2) is 15.0 Å². The van der Waals surface area contributed by atoms with E-state index in [0.29, 0.717) is 22.6 Å². The van der Waals surface area contributed by atoms with Gasteiger partial charge in [-0.1, -0.05) is 11.6 Å². The lowest BCUT2D eigenvalue weighted by Crippen LogP contribution is -2.02. The molecule has 0 radical (unpaired) electrons. The third kappa shape index (κ3) is 3.54.